The predicted molar refractivity (Wildman–Crippen MR) is 106 cm³/mol. The van der Waals surface area contributed by atoms with Crippen molar-refractivity contribution in [3.05, 3.63) is 29.8 Å². The van der Waals surface area contributed by atoms with E-state index in [1.807, 2.05) is 6.92 Å². The number of nitrogens with one attached hydrogen (secondary N) is 2. The van der Waals surface area contributed by atoms with Crippen LogP contribution >= 0.6 is 0 Å². The predicted octanol–water partition coefficient (Wildman–Crippen LogP) is 3.01. The van der Waals surface area contributed by atoms with Crippen molar-refractivity contribution in [3.8, 4) is 0 Å². The van der Waals surface area contributed by atoms with Crippen LogP contribution in [0.4, 0.5) is 5.69 Å². The van der Waals surface area contributed by atoms with Gasteiger partial charge in [-0.25, -0.2) is 0 Å². The molecule has 0 radical (unpaired) electrons. The molecule has 140 valence electrons. The van der Waals surface area contributed by atoms with Crippen molar-refractivity contribution in [2.45, 2.75) is 39.7 Å². The van der Waals surface area contributed by atoms with Crippen LogP contribution in [-0.2, 0) is 11.3 Å². The van der Waals surface area contributed by atoms with E-state index in [1.54, 1.807) is 7.05 Å². The summed E-state index contributed by atoms with van der Waals surface area (Å²) in [7, 11) is 1.80. The molecule has 1 aromatic carbocycles. The highest BCUT2D eigenvalue weighted by Gasteiger charge is 2.15. The van der Waals surface area contributed by atoms with Crippen molar-refractivity contribution in [2.75, 3.05) is 44.8 Å². The van der Waals surface area contributed by atoms with E-state index in [1.165, 1.54) is 37.2 Å². The molecule has 1 aromatic rings. The lowest BCUT2D eigenvalue weighted by Gasteiger charge is -2.32. The Balaban J connectivity index is 1.73. The molecule has 0 saturated carbocycles. The lowest BCUT2D eigenvalue weighted by Crippen LogP contribution is -2.37. The van der Waals surface area contributed by atoms with Gasteiger partial charge in [-0.1, -0.05) is 19.1 Å². The zero-order valence-corrected chi connectivity index (χ0v) is 16.1. The lowest BCUT2D eigenvalue weighted by molar-refractivity contribution is 0.145. The van der Waals surface area contributed by atoms with Gasteiger partial charge in [0.25, 0.3) is 0 Å². The van der Waals surface area contributed by atoms with Crippen LogP contribution in [0.2, 0.25) is 0 Å². The highest BCUT2D eigenvalue weighted by atomic mass is 16.5. The molecule has 0 amide bonds. The Hall–Kier alpha value is -1.75. The van der Waals surface area contributed by atoms with Crippen molar-refractivity contribution in [1.82, 2.24) is 10.6 Å². The van der Waals surface area contributed by atoms with Gasteiger partial charge in [-0.2, -0.15) is 0 Å². The van der Waals surface area contributed by atoms with Crippen LogP contribution in [0.3, 0.4) is 0 Å². The van der Waals surface area contributed by atoms with Crippen LogP contribution in [0.1, 0.15) is 38.7 Å². The van der Waals surface area contributed by atoms with Gasteiger partial charge in [0.15, 0.2) is 5.96 Å². The Labute approximate surface area is 152 Å². The molecule has 0 atom stereocenters. The van der Waals surface area contributed by atoms with Crippen LogP contribution in [-0.4, -0.2) is 45.9 Å². The summed E-state index contributed by atoms with van der Waals surface area (Å²) in [6.07, 6.45) is 3.58. The van der Waals surface area contributed by atoms with Crippen molar-refractivity contribution in [1.29, 1.82) is 0 Å². The second kappa shape index (κ2) is 11.0. The number of hydrogen-bond donors (Lipinski definition) is 2. The van der Waals surface area contributed by atoms with Crippen LogP contribution in [0.5, 0.6) is 0 Å². The Morgan fingerprint density at radius 3 is 2.56 bits per heavy atom. The Kier molecular flexibility index (Phi) is 8.60. The van der Waals surface area contributed by atoms with Gasteiger partial charge in [-0.3, -0.25) is 4.99 Å². The number of ether oxygens (including phenoxy) is 1. The lowest BCUT2D eigenvalue weighted by atomic mass is 9.99. The molecule has 5 heteroatoms. The van der Waals surface area contributed by atoms with Crippen LogP contribution in [0, 0.1) is 5.92 Å². The topological polar surface area (TPSA) is 48.9 Å². The first-order valence-corrected chi connectivity index (χ1v) is 9.59. The second-order valence-electron chi connectivity index (χ2n) is 6.74. The van der Waals surface area contributed by atoms with Crippen molar-refractivity contribution in [2.24, 2.45) is 10.9 Å². The van der Waals surface area contributed by atoms with Crippen LogP contribution in [0.25, 0.3) is 0 Å². The minimum Gasteiger partial charge on any atom is -0.382 e. The monoisotopic (exact) mass is 346 g/mol. The third kappa shape index (κ3) is 6.94. The molecule has 0 spiro atoms. The highest BCUT2D eigenvalue weighted by Crippen LogP contribution is 2.23. The second-order valence-corrected chi connectivity index (χ2v) is 6.74. The number of benzene rings is 1. The largest absolute Gasteiger partial charge is 0.382 e. The summed E-state index contributed by atoms with van der Waals surface area (Å²) in [5.41, 5.74) is 2.61. The van der Waals surface area contributed by atoms with Crippen LogP contribution < -0.4 is 15.5 Å². The summed E-state index contributed by atoms with van der Waals surface area (Å²) < 4.78 is 5.34. The highest BCUT2D eigenvalue weighted by molar-refractivity contribution is 5.79. The Morgan fingerprint density at radius 1 is 1.20 bits per heavy atom. The number of piperidine rings is 1. The first-order chi connectivity index (χ1) is 12.2. The molecule has 1 aliphatic heterocycles. The summed E-state index contributed by atoms with van der Waals surface area (Å²) >= 11 is 0. The maximum absolute atomic E-state index is 5.34. The maximum atomic E-state index is 5.34. The molecule has 0 bridgehead atoms. The summed E-state index contributed by atoms with van der Waals surface area (Å²) in [6.45, 7) is 9.94. The molecular formula is C20H34N4O. The summed E-state index contributed by atoms with van der Waals surface area (Å²) in [5, 5.41) is 6.68. The molecule has 1 heterocycles. The number of guanidine groups is 1. The quantitative estimate of drug-likeness (QED) is 0.432. The Morgan fingerprint density at radius 2 is 1.92 bits per heavy atom. The summed E-state index contributed by atoms with van der Waals surface area (Å²) in [6, 6.07) is 8.90. The smallest absolute Gasteiger partial charge is 0.191 e. The van der Waals surface area contributed by atoms with Crippen LogP contribution in [0.15, 0.2) is 29.3 Å². The first kappa shape index (κ1) is 19.6. The van der Waals surface area contributed by atoms with Gasteiger partial charge in [0.05, 0.1) is 0 Å². The van der Waals surface area contributed by atoms with Gasteiger partial charge in [0.2, 0.25) is 0 Å². The molecule has 0 unspecified atom stereocenters. The molecule has 0 aliphatic carbocycles. The van der Waals surface area contributed by atoms with E-state index < -0.39 is 0 Å². The zero-order chi connectivity index (χ0) is 17.9. The van der Waals surface area contributed by atoms with E-state index >= 15 is 0 Å². The molecule has 1 saturated heterocycles. The number of anilines is 1. The van der Waals surface area contributed by atoms with Gasteiger partial charge in [0.1, 0.15) is 0 Å². The van der Waals surface area contributed by atoms with Gasteiger partial charge in [-0.15, -0.1) is 0 Å². The first-order valence-electron chi connectivity index (χ1n) is 9.59. The van der Waals surface area contributed by atoms with E-state index in [-0.39, 0.29) is 0 Å². The molecule has 2 rings (SSSR count). The number of nitrogens with zero attached hydrogens (tertiary/aromatic N) is 2. The average Bonchev–Trinajstić information content (AvgIpc) is 2.65. The minimum atomic E-state index is 0.777. The third-order valence-corrected chi connectivity index (χ3v) is 4.73. The van der Waals surface area contributed by atoms with Crippen molar-refractivity contribution >= 4 is 11.6 Å². The van der Waals surface area contributed by atoms with Gasteiger partial charge in [-0.05, 0) is 49.8 Å². The normalized spacial score (nSPS) is 16.1. The summed E-state index contributed by atoms with van der Waals surface area (Å²) in [5.74, 6) is 1.71. The third-order valence-electron chi connectivity index (χ3n) is 4.73. The average molecular weight is 347 g/mol. The van der Waals surface area contributed by atoms with Crippen molar-refractivity contribution < 1.29 is 4.74 Å². The van der Waals surface area contributed by atoms with E-state index in [4.69, 9.17) is 4.74 Å². The SMILES string of the molecule is CCOCCCNC(=NC)NCc1ccc(N2CCC(C)CC2)cc1. The van der Waals surface area contributed by atoms with Gasteiger partial charge >= 0.3 is 0 Å². The molecule has 2 N–H and O–H groups in total. The standard InChI is InChI=1S/C20H34N4O/c1-4-25-15-5-12-22-20(21-3)23-16-18-6-8-19(9-7-18)24-13-10-17(2)11-14-24/h6-9,17H,4-5,10-16H2,1-3H3,(H2,21,22,23). The van der Waals surface area contributed by atoms with Gasteiger partial charge < -0.3 is 20.3 Å². The molecule has 5 nitrogen and oxygen atoms in total. The van der Waals surface area contributed by atoms with Gasteiger partial charge in [0, 0.05) is 52.1 Å². The van der Waals surface area contributed by atoms with Crippen molar-refractivity contribution in [3.63, 3.8) is 0 Å². The Bertz CT molecular complexity index is 507. The van der Waals surface area contributed by atoms with E-state index in [0.717, 1.165) is 44.6 Å². The fourth-order valence-corrected chi connectivity index (χ4v) is 3.02. The molecular weight excluding hydrogens is 312 g/mol. The number of rotatable bonds is 8. The summed E-state index contributed by atoms with van der Waals surface area (Å²) in [4.78, 5) is 6.76. The molecule has 1 fully saturated rings. The maximum Gasteiger partial charge on any atom is 0.191 e. The fraction of sp³-hybridized carbons (Fsp3) is 0.650. The van der Waals surface area contributed by atoms with E-state index in [0.29, 0.717) is 0 Å². The molecule has 1 aliphatic rings. The number of hydrogen-bond acceptors (Lipinski definition) is 3. The number of aliphatic imine (C=N–C) groups is 1. The van der Waals surface area contributed by atoms with E-state index in [2.05, 4.69) is 51.7 Å². The fourth-order valence-electron chi connectivity index (χ4n) is 3.02. The molecule has 0 aromatic heterocycles. The molecule has 25 heavy (non-hydrogen) atoms. The van der Waals surface area contributed by atoms with E-state index in [9.17, 15) is 0 Å². The minimum absolute atomic E-state index is 0.777. The zero-order valence-electron chi connectivity index (χ0n) is 16.1.